The van der Waals surface area contributed by atoms with Crippen LogP contribution < -0.4 is 5.32 Å². The van der Waals surface area contributed by atoms with Crippen LogP contribution in [0.25, 0.3) is 11.5 Å². The highest BCUT2D eigenvalue weighted by molar-refractivity contribution is 5.41. The molecule has 1 aromatic carbocycles. The minimum atomic E-state index is 0.477. The van der Waals surface area contributed by atoms with Crippen LogP contribution in [0.15, 0.2) is 48.8 Å². The molecular formula is C18H21N5. The quantitative estimate of drug-likeness (QED) is 0.809. The molecule has 1 atom stereocenters. The normalized spacial score (nSPS) is 18.2. The van der Waals surface area contributed by atoms with Crippen LogP contribution in [0.5, 0.6) is 0 Å². The summed E-state index contributed by atoms with van der Waals surface area (Å²) in [7, 11) is 0. The molecule has 3 heterocycles. The first-order valence-electron chi connectivity index (χ1n) is 8.19. The van der Waals surface area contributed by atoms with Gasteiger partial charge in [0.1, 0.15) is 0 Å². The smallest absolute Gasteiger partial charge is 0.157 e. The molecule has 1 fully saturated rings. The van der Waals surface area contributed by atoms with E-state index in [-0.39, 0.29) is 0 Å². The average molecular weight is 307 g/mol. The number of benzene rings is 1. The van der Waals surface area contributed by atoms with Crippen molar-refractivity contribution in [2.75, 3.05) is 13.1 Å². The monoisotopic (exact) mass is 307 g/mol. The highest BCUT2D eigenvalue weighted by atomic mass is 15.4. The van der Waals surface area contributed by atoms with Crippen LogP contribution in [-0.4, -0.2) is 32.7 Å². The van der Waals surface area contributed by atoms with Gasteiger partial charge in [0.25, 0.3) is 0 Å². The molecule has 1 saturated heterocycles. The van der Waals surface area contributed by atoms with Crippen LogP contribution in [-0.2, 0) is 0 Å². The lowest BCUT2D eigenvalue weighted by Crippen LogP contribution is -2.28. The van der Waals surface area contributed by atoms with Gasteiger partial charge in [-0.3, -0.25) is 0 Å². The van der Waals surface area contributed by atoms with Gasteiger partial charge in [-0.1, -0.05) is 17.7 Å². The van der Waals surface area contributed by atoms with Crippen molar-refractivity contribution < 1.29 is 0 Å². The lowest BCUT2D eigenvalue weighted by Gasteiger charge is -2.20. The minimum Gasteiger partial charge on any atom is -0.316 e. The van der Waals surface area contributed by atoms with Gasteiger partial charge in [0.15, 0.2) is 5.82 Å². The lowest BCUT2D eigenvalue weighted by molar-refractivity contribution is 0.453. The summed E-state index contributed by atoms with van der Waals surface area (Å²) < 4.78 is 3.88. The van der Waals surface area contributed by atoms with Gasteiger partial charge in [-0.25, -0.2) is 9.36 Å². The van der Waals surface area contributed by atoms with E-state index in [0.717, 1.165) is 30.3 Å². The zero-order chi connectivity index (χ0) is 15.6. The number of nitrogens with one attached hydrogen (secondary N) is 1. The Balaban J connectivity index is 1.79. The van der Waals surface area contributed by atoms with Crippen molar-refractivity contribution in [1.82, 2.24) is 24.9 Å². The molecule has 2 aromatic heterocycles. The zero-order valence-corrected chi connectivity index (χ0v) is 13.3. The number of aromatic nitrogens is 4. The predicted octanol–water partition coefficient (Wildman–Crippen LogP) is 2.83. The highest BCUT2D eigenvalue weighted by Crippen LogP contribution is 2.26. The van der Waals surface area contributed by atoms with E-state index < -0.39 is 0 Å². The van der Waals surface area contributed by atoms with Gasteiger partial charge in [-0.05, 0) is 44.5 Å². The maximum absolute atomic E-state index is 4.91. The van der Waals surface area contributed by atoms with E-state index in [1.165, 1.54) is 18.4 Å². The molecule has 118 valence electrons. The van der Waals surface area contributed by atoms with Crippen LogP contribution in [0.1, 0.15) is 30.0 Å². The maximum Gasteiger partial charge on any atom is 0.157 e. The van der Waals surface area contributed by atoms with Crippen molar-refractivity contribution in [2.24, 2.45) is 0 Å². The summed E-state index contributed by atoms with van der Waals surface area (Å²) in [6, 6.07) is 12.6. The third-order valence-electron chi connectivity index (χ3n) is 4.44. The van der Waals surface area contributed by atoms with Gasteiger partial charge in [0, 0.05) is 30.9 Å². The summed E-state index contributed by atoms with van der Waals surface area (Å²) in [6.45, 7) is 4.21. The molecule has 0 aliphatic carbocycles. The molecule has 0 amide bonds. The number of rotatable bonds is 3. The van der Waals surface area contributed by atoms with E-state index in [1.54, 1.807) is 6.20 Å². The average Bonchev–Trinajstić information content (AvgIpc) is 3.26. The molecule has 5 nitrogen and oxygen atoms in total. The number of aryl methyl sites for hydroxylation is 1. The van der Waals surface area contributed by atoms with E-state index in [9.17, 15) is 0 Å². The number of piperidine rings is 1. The summed E-state index contributed by atoms with van der Waals surface area (Å²) in [5.41, 5.74) is 3.46. The lowest BCUT2D eigenvalue weighted by atomic mass is 9.96. The molecular weight excluding hydrogens is 286 g/mol. The van der Waals surface area contributed by atoms with Gasteiger partial charge in [0.05, 0.1) is 11.4 Å². The van der Waals surface area contributed by atoms with Crippen LogP contribution in [0.3, 0.4) is 0 Å². The molecule has 1 N–H and O–H groups in total. The molecule has 3 aromatic rings. The van der Waals surface area contributed by atoms with Crippen molar-refractivity contribution in [3.8, 4) is 11.5 Å². The van der Waals surface area contributed by atoms with Crippen LogP contribution >= 0.6 is 0 Å². The Morgan fingerprint density at radius 1 is 1.22 bits per heavy atom. The Hall–Kier alpha value is -2.40. The first-order chi connectivity index (χ1) is 11.3. The first-order valence-corrected chi connectivity index (χ1v) is 8.19. The molecule has 1 aliphatic heterocycles. The molecule has 23 heavy (non-hydrogen) atoms. The molecule has 4 rings (SSSR count). The second kappa shape index (κ2) is 6.01. The fraction of sp³-hybridized carbons (Fsp3) is 0.333. The van der Waals surface area contributed by atoms with E-state index >= 15 is 0 Å². The van der Waals surface area contributed by atoms with Gasteiger partial charge in [-0.15, -0.1) is 0 Å². The van der Waals surface area contributed by atoms with Crippen molar-refractivity contribution >= 4 is 0 Å². The molecule has 1 unspecified atom stereocenters. The Labute approximate surface area is 135 Å². The molecule has 0 spiro atoms. The highest BCUT2D eigenvalue weighted by Gasteiger charge is 2.21. The largest absolute Gasteiger partial charge is 0.316 e. The van der Waals surface area contributed by atoms with Gasteiger partial charge >= 0.3 is 0 Å². The first kappa shape index (κ1) is 14.2. The predicted molar refractivity (Wildman–Crippen MR) is 90.3 cm³/mol. The molecule has 0 saturated carbocycles. The van der Waals surface area contributed by atoms with E-state index in [4.69, 9.17) is 5.10 Å². The summed E-state index contributed by atoms with van der Waals surface area (Å²) >= 11 is 0. The number of nitrogens with zero attached hydrogens (tertiary/aromatic N) is 4. The molecule has 0 radical (unpaired) electrons. The standard InChI is InChI=1S/C18H21N5/c1-14-5-7-16(8-6-14)23-18(22-11-3-10-20-22)12-17(21-23)15-4-2-9-19-13-15/h3,5-8,10-12,15,19H,2,4,9,13H2,1H3. The number of hydrogen-bond acceptors (Lipinski definition) is 3. The second-order valence-corrected chi connectivity index (χ2v) is 6.17. The van der Waals surface area contributed by atoms with Gasteiger partial charge < -0.3 is 5.32 Å². The van der Waals surface area contributed by atoms with Crippen LogP contribution in [0.4, 0.5) is 0 Å². The third-order valence-corrected chi connectivity index (χ3v) is 4.44. The Morgan fingerprint density at radius 2 is 2.09 bits per heavy atom. The molecule has 5 heteroatoms. The Bertz CT molecular complexity index is 764. The summed E-state index contributed by atoms with van der Waals surface area (Å²) in [5.74, 6) is 1.46. The Kier molecular flexibility index (Phi) is 3.71. The summed E-state index contributed by atoms with van der Waals surface area (Å²) in [5, 5.41) is 12.8. The van der Waals surface area contributed by atoms with Crippen molar-refractivity contribution in [1.29, 1.82) is 0 Å². The summed E-state index contributed by atoms with van der Waals surface area (Å²) in [4.78, 5) is 0. The molecule has 0 bridgehead atoms. The maximum atomic E-state index is 4.91. The fourth-order valence-corrected chi connectivity index (χ4v) is 3.14. The SMILES string of the molecule is Cc1ccc(-n2nc(C3CCCNC3)cc2-n2cccn2)cc1. The van der Waals surface area contributed by atoms with E-state index in [1.807, 2.05) is 21.6 Å². The Morgan fingerprint density at radius 3 is 2.78 bits per heavy atom. The van der Waals surface area contributed by atoms with Crippen molar-refractivity contribution in [2.45, 2.75) is 25.7 Å². The summed E-state index contributed by atoms with van der Waals surface area (Å²) in [6.07, 6.45) is 6.16. The zero-order valence-electron chi connectivity index (χ0n) is 13.3. The van der Waals surface area contributed by atoms with E-state index in [2.05, 4.69) is 47.7 Å². The number of hydrogen-bond donors (Lipinski definition) is 1. The third kappa shape index (κ3) is 2.80. The minimum absolute atomic E-state index is 0.477. The fourth-order valence-electron chi connectivity index (χ4n) is 3.14. The van der Waals surface area contributed by atoms with Crippen LogP contribution in [0.2, 0.25) is 0 Å². The second-order valence-electron chi connectivity index (χ2n) is 6.17. The van der Waals surface area contributed by atoms with Crippen LogP contribution in [0, 0.1) is 6.92 Å². The van der Waals surface area contributed by atoms with Gasteiger partial charge in [0.2, 0.25) is 0 Å². The van der Waals surface area contributed by atoms with Gasteiger partial charge in [-0.2, -0.15) is 10.2 Å². The van der Waals surface area contributed by atoms with Crippen molar-refractivity contribution in [3.05, 3.63) is 60.0 Å². The van der Waals surface area contributed by atoms with E-state index in [0.29, 0.717) is 5.92 Å². The molecule has 1 aliphatic rings. The topological polar surface area (TPSA) is 47.7 Å². The van der Waals surface area contributed by atoms with Crippen molar-refractivity contribution in [3.63, 3.8) is 0 Å².